The Hall–Kier alpha value is -3.26. The van der Waals surface area contributed by atoms with E-state index in [1.54, 1.807) is 0 Å². The van der Waals surface area contributed by atoms with Gasteiger partial charge in [0.1, 0.15) is 5.41 Å². The molecule has 7 rings (SSSR count). The van der Waals surface area contributed by atoms with Gasteiger partial charge in [0.15, 0.2) is 11.8 Å². The molecule has 0 radical (unpaired) electrons. The number of ketones is 1. The Morgan fingerprint density at radius 3 is 2.03 bits per heavy atom. The first kappa shape index (κ1) is 17.6. The Balaban J connectivity index is 1.57. The Labute approximate surface area is 177 Å². The first-order valence-electron chi connectivity index (χ1n) is 10.7. The standard InChI is InChI=1S/C28H24NO/c1-27(2)26-16-22-20-12-6-8-14-23(20)28(26,24-15-9-7-13-21(22)24)18-29(27)17-25(30)19-10-4-3-5-11-19/h3-16,18,22H,17H2,1-2H3/q+1. The van der Waals surface area contributed by atoms with Crippen LogP contribution in [0.2, 0.25) is 0 Å². The van der Waals surface area contributed by atoms with Gasteiger partial charge < -0.3 is 0 Å². The Morgan fingerprint density at radius 1 is 0.833 bits per heavy atom. The third kappa shape index (κ3) is 2.09. The van der Waals surface area contributed by atoms with Crippen LogP contribution in [0.5, 0.6) is 0 Å². The van der Waals surface area contributed by atoms with E-state index in [4.69, 9.17) is 0 Å². The minimum absolute atomic E-state index is 0.159. The number of benzene rings is 3. The molecule has 0 fully saturated rings. The molecule has 0 atom stereocenters. The second-order valence-corrected chi connectivity index (χ2v) is 9.15. The van der Waals surface area contributed by atoms with Crippen molar-refractivity contribution in [2.24, 2.45) is 0 Å². The normalized spacial score (nSPS) is 24.4. The lowest BCUT2D eigenvalue weighted by molar-refractivity contribution is -0.568. The van der Waals surface area contributed by atoms with Crippen LogP contribution in [-0.2, 0) is 5.41 Å². The number of allylic oxidation sites excluding steroid dienone is 1. The summed E-state index contributed by atoms with van der Waals surface area (Å²) in [5.74, 6) is 0.443. The molecule has 3 aromatic rings. The highest BCUT2D eigenvalue weighted by Crippen LogP contribution is 2.59. The van der Waals surface area contributed by atoms with E-state index in [0.717, 1.165) is 5.56 Å². The summed E-state index contributed by atoms with van der Waals surface area (Å²) in [6, 6.07) is 27.3. The maximum atomic E-state index is 13.1. The van der Waals surface area contributed by atoms with Crippen LogP contribution in [0, 0.1) is 0 Å². The van der Waals surface area contributed by atoms with Crippen molar-refractivity contribution in [2.45, 2.75) is 30.7 Å². The molecule has 0 amide bonds. The van der Waals surface area contributed by atoms with Crippen molar-refractivity contribution < 1.29 is 9.37 Å². The van der Waals surface area contributed by atoms with E-state index < -0.39 is 0 Å². The number of carbonyl (C=O) groups excluding carboxylic acids is 1. The number of Topliss-reactive ketones (excluding diaryl/α,β-unsaturated/α-hetero) is 1. The molecule has 0 saturated carbocycles. The highest BCUT2D eigenvalue weighted by Gasteiger charge is 2.62. The van der Waals surface area contributed by atoms with Crippen molar-refractivity contribution in [1.82, 2.24) is 0 Å². The van der Waals surface area contributed by atoms with Crippen LogP contribution in [0.25, 0.3) is 0 Å². The fraction of sp³-hybridized carbons (Fsp3) is 0.214. The van der Waals surface area contributed by atoms with Crippen LogP contribution in [0.1, 0.15) is 52.4 Å². The van der Waals surface area contributed by atoms with Gasteiger partial charge in [0.2, 0.25) is 12.3 Å². The highest BCUT2D eigenvalue weighted by atomic mass is 16.1. The number of carbonyl (C=O) groups is 1. The molecule has 0 N–H and O–H groups in total. The molecular weight excluding hydrogens is 366 g/mol. The topological polar surface area (TPSA) is 20.1 Å². The summed E-state index contributed by atoms with van der Waals surface area (Å²) in [6.45, 7) is 4.90. The summed E-state index contributed by atoms with van der Waals surface area (Å²) in [5.41, 5.74) is 7.17. The molecule has 0 unspecified atom stereocenters. The Bertz CT molecular complexity index is 1220. The van der Waals surface area contributed by atoms with Gasteiger partial charge >= 0.3 is 0 Å². The molecule has 3 aromatic carbocycles. The first-order chi connectivity index (χ1) is 14.5. The van der Waals surface area contributed by atoms with E-state index in [9.17, 15) is 4.79 Å². The molecule has 146 valence electrons. The molecule has 30 heavy (non-hydrogen) atoms. The second kappa shape index (κ2) is 5.89. The quantitative estimate of drug-likeness (QED) is 0.345. The smallest absolute Gasteiger partial charge is 0.227 e. The minimum Gasteiger partial charge on any atom is -0.287 e. The Kier molecular flexibility index (Phi) is 3.45. The average molecular weight is 391 g/mol. The molecule has 0 aromatic heterocycles. The predicted molar refractivity (Wildman–Crippen MR) is 120 cm³/mol. The van der Waals surface area contributed by atoms with Gasteiger partial charge in [-0.2, -0.15) is 0 Å². The van der Waals surface area contributed by atoms with E-state index in [2.05, 4.69) is 79.2 Å². The zero-order valence-electron chi connectivity index (χ0n) is 17.3. The lowest BCUT2D eigenvalue weighted by atomic mass is 9.54. The van der Waals surface area contributed by atoms with Crippen LogP contribution in [-0.4, -0.2) is 28.7 Å². The van der Waals surface area contributed by atoms with Crippen molar-refractivity contribution in [3.05, 3.63) is 118 Å². The molecule has 2 heteroatoms. The van der Waals surface area contributed by atoms with Crippen LogP contribution in [0.15, 0.2) is 90.5 Å². The predicted octanol–water partition coefficient (Wildman–Crippen LogP) is 5.12. The van der Waals surface area contributed by atoms with Gasteiger partial charge in [0.05, 0.1) is 0 Å². The zero-order chi connectivity index (χ0) is 20.5. The van der Waals surface area contributed by atoms with E-state index in [0.29, 0.717) is 6.54 Å². The van der Waals surface area contributed by atoms with Gasteiger partial charge in [-0.1, -0.05) is 84.9 Å². The van der Waals surface area contributed by atoms with Crippen LogP contribution in [0.3, 0.4) is 0 Å². The Morgan fingerprint density at radius 2 is 1.40 bits per heavy atom. The van der Waals surface area contributed by atoms with Crippen LogP contribution in [0.4, 0.5) is 0 Å². The van der Waals surface area contributed by atoms with Gasteiger partial charge in [-0.15, -0.1) is 0 Å². The number of nitrogens with zero attached hydrogens (tertiary/aromatic N) is 1. The monoisotopic (exact) mass is 390 g/mol. The number of hydrogen-bond donors (Lipinski definition) is 0. The van der Waals surface area contributed by atoms with Gasteiger partial charge in [-0.05, 0) is 22.3 Å². The minimum atomic E-state index is -0.289. The SMILES string of the molecule is CC1(C)C2=CC3c4ccccc4C2(C=[N+]1CC(=O)c1ccccc1)c1ccccc13. The fourth-order valence-corrected chi connectivity index (χ4v) is 5.89. The zero-order valence-corrected chi connectivity index (χ0v) is 17.3. The molecule has 1 aliphatic heterocycles. The van der Waals surface area contributed by atoms with Gasteiger partial charge in [0.25, 0.3) is 0 Å². The molecular formula is C28H24NO+. The van der Waals surface area contributed by atoms with Crippen molar-refractivity contribution in [1.29, 1.82) is 0 Å². The number of hydrogen-bond acceptors (Lipinski definition) is 1. The maximum Gasteiger partial charge on any atom is 0.227 e. The van der Waals surface area contributed by atoms with Gasteiger partial charge in [-0.3, -0.25) is 4.79 Å². The molecule has 2 nitrogen and oxygen atoms in total. The molecule has 2 bridgehead atoms. The highest BCUT2D eigenvalue weighted by molar-refractivity contribution is 5.98. The third-order valence-corrected chi connectivity index (χ3v) is 7.34. The third-order valence-electron chi connectivity index (χ3n) is 7.34. The van der Waals surface area contributed by atoms with Crippen molar-refractivity contribution in [3.63, 3.8) is 0 Å². The van der Waals surface area contributed by atoms with Gasteiger partial charge in [-0.25, -0.2) is 4.58 Å². The second-order valence-electron chi connectivity index (χ2n) is 9.15. The lowest BCUT2D eigenvalue weighted by Gasteiger charge is -2.44. The number of rotatable bonds is 3. The summed E-state index contributed by atoms with van der Waals surface area (Å²) in [7, 11) is 0. The van der Waals surface area contributed by atoms with E-state index in [-0.39, 0.29) is 22.7 Å². The lowest BCUT2D eigenvalue weighted by Crippen LogP contribution is -2.44. The van der Waals surface area contributed by atoms with E-state index in [1.807, 2.05) is 30.3 Å². The largest absolute Gasteiger partial charge is 0.287 e. The van der Waals surface area contributed by atoms with Crippen molar-refractivity contribution in [2.75, 3.05) is 6.54 Å². The van der Waals surface area contributed by atoms with E-state index in [1.165, 1.54) is 27.8 Å². The first-order valence-corrected chi connectivity index (χ1v) is 10.7. The summed E-state index contributed by atoms with van der Waals surface area (Å²) in [6.07, 6.45) is 4.81. The van der Waals surface area contributed by atoms with Crippen LogP contribution < -0.4 is 0 Å². The summed E-state index contributed by atoms with van der Waals surface area (Å²) >= 11 is 0. The molecule has 0 saturated heterocycles. The fourth-order valence-electron chi connectivity index (χ4n) is 5.89. The average Bonchev–Trinajstić information content (AvgIpc) is 3.02. The van der Waals surface area contributed by atoms with Crippen molar-refractivity contribution in [3.8, 4) is 0 Å². The summed E-state index contributed by atoms with van der Waals surface area (Å²) in [5, 5.41) is 0. The van der Waals surface area contributed by atoms with Crippen LogP contribution >= 0.6 is 0 Å². The summed E-state index contributed by atoms with van der Waals surface area (Å²) in [4.78, 5) is 13.1. The molecule has 4 aliphatic rings. The molecule has 1 spiro atoms. The van der Waals surface area contributed by atoms with Gasteiger partial charge in [0, 0.05) is 30.9 Å². The maximum absolute atomic E-state index is 13.1. The molecule has 1 heterocycles. The summed E-state index contributed by atoms with van der Waals surface area (Å²) < 4.78 is 2.27. The van der Waals surface area contributed by atoms with Crippen molar-refractivity contribution >= 4 is 12.0 Å². The molecule has 3 aliphatic carbocycles. The van der Waals surface area contributed by atoms with E-state index >= 15 is 0 Å².